The lowest BCUT2D eigenvalue weighted by Gasteiger charge is -2.11. The molecule has 0 aliphatic heterocycles. The van der Waals surface area contributed by atoms with Gasteiger partial charge in [0.15, 0.2) is 0 Å². The molecule has 0 unspecified atom stereocenters. The van der Waals surface area contributed by atoms with Crippen molar-refractivity contribution >= 4 is 0 Å². The molecule has 1 rings (SSSR count). The fourth-order valence-corrected chi connectivity index (χ4v) is 1.34. The second-order valence-corrected chi connectivity index (χ2v) is 2.99. The van der Waals surface area contributed by atoms with E-state index >= 15 is 0 Å². The van der Waals surface area contributed by atoms with Crippen LogP contribution in [0.4, 0.5) is 0 Å². The highest BCUT2D eigenvalue weighted by Crippen LogP contribution is 2.33. The summed E-state index contributed by atoms with van der Waals surface area (Å²) in [6.45, 7) is 0. The van der Waals surface area contributed by atoms with Crippen LogP contribution in [0, 0.1) is 11.3 Å². The maximum Gasteiger partial charge on any atom is 0.129 e. The van der Waals surface area contributed by atoms with Gasteiger partial charge < -0.3 is 14.6 Å². The van der Waals surface area contributed by atoms with Crippen LogP contribution >= 0.6 is 0 Å². The minimum absolute atomic E-state index is 0.0986. The van der Waals surface area contributed by atoms with Crippen molar-refractivity contribution in [3.05, 3.63) is 17.7 Å². The number of aromatic hydroxyl groups is 1. The highest BCUT2D eigenvalue weighted by atomic mass is 16.5. The topological polar surface area (TPSA) is 62.5 Å². The molecule has 4 heteroatoms. The van der Waals surface area contributed by atoms with Gasteiger partial charge in [0, 0.05) is 24.1 Å². The lowest BCUT2D eigenvalue weighted by Crippen LogP contribution is -1.94. The molecule has 0 amide bonds. The van der Waals surface area contributed by atoms with Gasteiger partial charge in [0.05, 0.1) is 20.3 Å². The van der Waals surface area contributed by atoms with Crippen LogP contribution in [-0.2, 0) is 6.42 Å². The number of nitriles is 1. The predicted octanol–water partition coefficient (Wildman–Crippen LogP) is 1.87. The van der Waals surface area contributed by atoms with E-state index in [0.717, 1.165) is 0 Å². The lowest BCUT2D eigenvalue weighted by molar-refractivity contribution is 0.379. The molecule has 0 spiro atoms. The number of methoxy groups -OCH3 is 2. The molecule has 1 aromatic carbocycles. The van der Waals surface area contributed by atoms with E-state index in [1.165, 1.54) is 20.3 Å². The van der Waals surface area contributed by atoms with E-state index in [-0.39, 0.29) is 5.75 Å². The van der Waals surface area contributed by atoms with Crippen molar-refractivity contribution in [2.75, 3.05) is 14.2 Å². The Hall–Kier alpha value is -1.89. The molecular formula is C11H13NO3. The van der Waals surface area contributed by atoms with E-state index in [1.54, 1.807) is 6.07 Å². The number of hydrogen-bond donors (Lipinski definition) is 1. The summed E-state index contributed by atoms with van der Waals surface area (Å²) in [6.07, 6.45) is 0.811. The second-order valence-electron chi connectivity index (χ2n) is 2.99. The Labute approximate surface area is 88.7 Å². The van der Waals surface area contributed by atoms with Crippen molar-refractivity contribution < 1.29 is 14.6 Å². The third kappa shape index (κ3) is 2.53. The summed E-state index contributed by atoms with van der Waals surface area (Å²) in [5, 5.41) is 18.2. The number of phenols is 1. The van der Waals surface area contributed by atoms with E-state index in [0.29, 0.717) is 29.9 Å². The van der Waals surface area contributed by atoms with Crippen LogP contribution < -0.4 is 9.47 Å². The van der Waals surface area contributed by atoms with E-state index in [2.05, 4.69) is 0 Å². The zero-order valence-corrected chi connectivity index (χ0v) is 8.78. The summed E-state index contributed by atoms with van der Waals surface area (Å²) in [5.74, 6) is 1.17. The van der Waals surface area contributed by atoms with Crippen molar-refractivity contribution in [3.8, 4) is 23.3 Å². The van der Waals surface area contributed by atoms with Crippen LogP contribution in [0.1, 0.15) is 12.0 Å². The Bertz CT molecular complexity index is 382. The van der Waals surface area contributed by atoms with Gasteiger partial charge in [-0.2, -0.15) is 5.26 Å². The third-order valence-electron chi connectivity index (χ3n) is 2.10. The first-order valence-corrected chi connectivity index (χ1v) is 4.53. The van der Waals surface area contributed by atoms with Gasteiger partial charge in [-0.3, -0.25) is 0 Å². The summed E-state index contributed by atoms with van der Waals surface area (Å²) in [4.78, 5) is 0. The number of rotatable bonds is 4. The van der Waals surface area contributed by atoms with Crippen molar-refractivity contribution in [1.82, 2.24) is 0 Å². The van der Waals surface area contributed by atoms with Crippen molar-refractivity contribution in [3.63, 3.8) is 0 Å². The van der Waals surface area contributed by atoms with Gasteiger partial charge >= 0.3 is 0 Å². The van der Waals surface area contributed by atoms with Gasteiger partial charge in [-0.25, -0.2) is 0 Å². The highest BCUT2D eigenvalue weighted by molar-refractivity contribution is 5.50. The summed E-state index contributed by atoms with van der Waals surface area (Å²) >= 11 is 0. The zero-order valence-electron chi connectivity index (χ0n) is 8.78. The molecule has 0 aliphatic carbocycles. The number of phenolic OH excluding ortho intramolecular Hbond substituents is 1. The van der Waals surface area contributed by atoms with Crippen molar-refractivity contribution in [2.24, 2.45) is 0 Å². The van der Waals surface area contributed by atoms with Gasteiger partial charge in [-0.1, -0.05) is 0 Å². The predicted molar refractivity (Wildman–Crippen MR) is 55.1 cm³/mol. The maximum atomic E-state index is 9.69. The summed E-state index contributed by atoms with van der Waals surface area (Å²) in [7, 11) is 3.03. The van der Waals surface area contributed by atoms with Gasteiger partial charge in [0.25, 0.3) is 0 Å². The smallest absolute Gasteiger partial charge is 0.129 e. The van der Waals surface area contributed by atoms with E-state index in [9.17, 15) is 5.11 Å². The lowest BCUT2D eigenvalue weighted by atomic mass is 10.1. The molecule has 15 heavy (non-hydrogen) atoms. The molecule has 0 atom stereocenters. The van der Waals surface area contributed by atoms with Crippen LogP contribution in [0.25, 0.3) is 0 Å². The average Bonchev–Trinajstić information content (AvgIpc) is 2.26. The highest BCUT2D eigenvalue weighted by Gasteiger charge is 2.10. The molecule has 0 heterocycles. The van der Waals surface area contributed by atoms with Gasteiger partial charge in [0.2, 0.25) is 0 Å². The van der Waals surface area contributed by atoms with Crippen molar-refractivity contribution in [1.29, 1.82) is 5.26 Å². The van der Waals surface area contributed by atoms with Crippen LogP contribution in [-0.4, -0.2) is 19.3 Å². The number of ether oxygens (including phenoxy) is 2. The Kier molecular flexibility index (Phi) is 3.81. The largest absolute Gasteiger partial charge is 0.507 e. The SMILES string of the molecule is COc1cc(O)c(CCC#N)c(OC)c1. The van der Waals surface area contributed by atoms with Crippen molar-refractivity contribution in [2.45, 2.75) is 12.8 Å². The fraction of sp³-hybridized carbons (Fsp3) is 0.364. The molecule has 0 aliphatic rings. The molecule has 0 aromatic heterocycles. The van der Waals surface area contributed by atoms with Crippen LogP contribution in [0.3, 0.4) is 0 Å². The Morgan fingerprint density at radius 1 is 1.33 bits per heavy atom. The second kappa shape index (κ2) is 5.11. The molecular weight excluding hydrogens is 194 g/mol. The molecule has 0 saturated carbocycles. The minimum Gasteiger partial charge on any atom is -0.507 e. The molecule has 0 bridgehead atoms. The third-order valence-corrected chi connectivity index (χ3v) is 2.10. The number of benzene rings is 1. The number of hydrogen-bond acceptors (Lipinski definition) is 4. The van der Waals surface area contributed by atoms with Crippen LogP contribution in [0.15, 0.2) is 12.1 Å². The molecule has 4 nitrogen and oxygen atoms in total. The quantitative estimate of drug-likeness (QED) is 0.818. The van der Waals surface area contributed by atoms with E-state index < -0.39 is 0 Å². The molecule has 0 fully saturated rings. The van der Waals surface area contributed by atoms with E-state index in [1.807, 2.05) is 6.07 Å². The van der Waals surface area contributed by atoms with Gasteiger partial charge in [-0.05, 0) is 6.42 Å². The Balaban J connectivity index is 3.08. The zero-order chi connectivity index (χ0) is 11.3. The first kappa shape index (κ1) is 11.2. The standard InChI is InChI=1S/C11H13NO3/c1-14-8-6-10(13)9(4-3-5-12)11(7-8)15-2/h6-7,13H,3-4H2,1-2H3. The van der Waals surface area contributed by atoms with Crippen LogP contribution in [0.5, 0.6) is 17.2 Å². The summed E-state index contributed by atoms with van der Waals surface area (Å²) in [5.41, 5.74) is 0.639. The Morgan fingerprint density at radius 2 is 2.07 bits per heavy atom. The number of nitrogens with zero attached hydrogens (tertiary/aromatic N) is 1. The first-order valence-electron chi connectivity index (χ1n) is 4.53. The molecule has 1 N–H and O–H groups in total. The molecule has 1 aromatic rings. The monoisotopic (exact) mass is 207 g/mol. The Morgan fingerprint density at radius 3 is 2.60 bits per heavy atom. The van der Waals surface area contributed by atoms with E-state index in [4.69, 9.17) is 14.7 Å². The molecule has 0 radical (unpaired) electrons. The minimum atomic E-state index is 0.0986. The summed E-state index contributed by atoms with van der Waals surface area (Å²) in [6, 6.07) is 5.22. The summed E-state index contributed by atoms with van der Waals surface area (Å²) < 4.78 is 10.1. The normalized spacial score (nSPS) is 9.40. The fourth-order valence-electron chi connectivity index (χ4n) is 1.34. The van der Waals surface area contributed by atoms with Gasteiger partial charge in [0.1, 0.15) is 17.2 Å². The average molecular weight is 207 g/mol. The first-order chi connectivity index (χ1) is 7.22. The maximum absolute atomic E-state index is 9.69. The van der Waals surface area contributed by atoms with Crippen LogP contribution in [0.2, 0.25) is 0 Å². The molecule has 80 valence electrons. The van der Waals surface area contributed by atoms with Gasteiger partial charge in [-0.15, -0.1) is 0 Å². The molecule has 0 saturated heterocycles.